The number of rotatable bonds is 4. The van der Waals surface area contributed by atoms with Crippen LogP contribution in [0.4, 0.5) is 0 Å². The van der Waals surface area contributed by atoms with Gasteiger partial charge in [0.25, 0.3) is 0 Å². The molecule has 4 nitrogen and oxygen atoms in total. The first kappa shape index (κ1) is 17.1. The van der Waals surface area contributed by atoms with Crippen LogP contribution < -0.4 is 5.32 Å². The van der Waals surface area contributed by atoms with Crippen LogP contribution in [0.3, 0.4) is 0 Å². The zero-order valence-electron chi connectivity index (χ0n) is 14.6. The molecule has 4 rings (SSSR count). The third-order valence-electron chi connectivity index (χ3n) is 6.50. The number of fused-ring (bicyclic) bond motifs is 1. The molecule has 0 unspecified atom stereocenters. The van der Waals surface area contributed by atoms with E-state index in [1.807, 2.05) is 6.07 Å². The van der Waals surface area contributed by atoms with Crippen LogP contribution in [-0.2, 0) is 14.6 Å². The molecule has 0 bridgehead atoms. The van der Waals surface area contributed by atoms with Gasteiger partial charge in [-0.15, -0.1) is 0 Å². The highest BCUT2D eigenvalue weighted by Gasteiger charge is 2.51. The summed E-state index contributed by atoms with van der Waals surface area (Å²) in [6.07, 6.45) is 6.01. The summed E-state index contributed by atoms with van der Waals surface area (Å²) in [5.41, 5.74) is 1.33. The molecule has 25 heavy (non-hydrogen) atoms. The fraction of sp³-hybridized carbons (Fsp3) is 0.650. The molecule has 3 aliphatic rings. The van der Waals surface area contributed by atoms with Gasteiger partial charge in [0.05, 0.1) is 11.5 Å². The molecule has 1 N–H and O–H groups in total. The molecule has 1 aromatic carbocycles. The first-order valence-corrected chi connectivity index (χ1v) is 11.4. The third kappa shape index (κ3) is 3.48. The lowest BCUT2D eigenvalue weighted by atomic mass is 9.53. The predicted molar refractivity (Wildman–Crippen MR) is 97.9 cm³/mol. The Morgan fingerprint density at radius 1 is 1.04 bits per heavy atom. The van der Waals surface area contributed by atoms with Gasteiger partial charge in [0.1, 0.15) is 0 Å². The van der Waals surface area contributed by atoms with Crippen molar-refractivity contribution in [2.45, 2.75) is 50.5 Å². The lowest BCUT2D eigenvalue weighted by molar-refractivity contribution is -0.125. The highest BCUT2D eigenvalue weighted by atomic mass is 32.2. The Morgan fingerprint density at radius 3 is 2.44 bits per heavy atom. The Kier molecular flexibility index (Phi) is 4.61. The van der Waals surface area contributed by atoms with Crippen molar-refractivity contribution in [3.63, 3.8) is 0 Å². The minimum atomic E-state index is -2.91. The zero-order chi connectivity index (χ0) is 17.4. The Labute approximate surface area is 150 Å². The normalized spacial score (nSPS) is 36.2. The van der Waals surface area contributed by atoms with E-state index in [-0.39, 0.29) is 29.4 Å². The SMILES string of the molecule is O=C(C[C@@H]1CCS(=O)(=O)C1)N[C@H]1[C@H]2CCCC[C@H]2[C@@H]1c1ccccc1. The molecular weight excluding hydrogens is 334 g/mol. The molecule has 0 aromatic heterocycles. The summed E-state index contributed by atoms with van der Waals surface area (Å²) < 4.78 is 23.2. The molecular formula is C20H27NO3S. The van der Waals surface area contributed by atoms with Crippen LogP contribution in [0, 0.1) is 17.8 Å². The van der Waals surface area contributed by atoms with Crippen molar-refractivity contribution in [2.24, 2.45) is 17.8 Å². The average molecular weight is 362 g/mol. The van der Waals surface area contributed by atoms with Crippen molar-refractivity contribution >= 4 is 15.7 Å². The number of benzene rings is 1. The maximum atomic E-state index is 12.6. The summed E-state index contributed by atoms with van der Waals surface area (Å²) in [6.45, 7) is 0. The number of sulfone groups is 1. The summed E-state index contributed by atoms with van der Waals surface area (Å²) in [4.78, 5) is 12.6. The van der Waals surface area contributed by atoms with Gasteiger partial charge in [-0.3, -0.25) is 4.79 Å². The first-order valence-electron chi connectivity index (χ1n) is 9.58. The van der Waals surface area contributed by atoms with E-state index in [9.17, 15) is 13.2 Å². The van der Waals surface area contributed by atoms with Crippen LogP contribution in [0.5, 0.6) is 0 Å². The Balaban J connectivity index is 1.43. The van der Waals surface area contributed by atoms with Gasteiger partial charge in [-0.25, -0.2) is 8.42 Å². The van der Waals surface area contributed by atoms with E-state index < -0.39 is 9.84 Å². The second kappa shape index (κ2) is 6.75. The van der Waals surface area contributed by atoms with Crippen LogP contribution in [0.15, 0.2) is 30.3 Å². The molecule has 0 spiro atoms. The molecule has 3 fully saturated rings. The smallest absolute Gasteiger partial charge is 0.220 e. The van der Waals surface area contributed by atoms with Crippen LogP contribution in [0.2, 0.25) is 0 Å². The van der Waals surface area contributed by atoms with E-state index in [0.29, 0.717) is 30.6 Å². The molecule has 5 heteroatoms. The highest BCUT2D eigenvalue weighted by molar-refractivity contribution is 7.91. The second-order valence-electron chi connectivity index (χ2n) is 8.12. The summed E-state index contributed by atoms with van der Waals surface area (Å²) in [6, 6.07) is 10.8. The predicted octanol–water partition coefficient (Wildman–Crippen LogP) is 2.90. The molecule has 5 atom stereocenters. The van der Waals surface area contributed by atoms with Crippen molar-refractivity contribution in [1.82, 2.24) is 5.32 Å². The van der Waals surface area contributed by atoms with E-state index in [2.05, 4.69) is 29.6 Å². The Hall–Kier alpha value is -1.36. The summed E-state index contributed by atoms with van der Waals surface area (Å²) in [7, 11) is -2.91. The standard InChI is InChI=1S/C20H27NO3S/c22-18(12-14-10-11-25(23,24)13-14)21-20-17-9-5-4-8-16(17)19(20)15-6-2-1-3-7-15/h1-3,6-7,14,16-17,19-20H,4-5,8-13H2,(H,21,22)/t14-,16+,17-,19-,20-/m0/s1. The van der Waals surface area contributed by atoms with Crippen LogP contribution in [-0.4, -0.2) is 31.9 Å². The minimum absolute atomic E-state index is 0.00223. The minimum Gasteiger partial charge on any atom is -0.352 e. The van der Waals surface area contributed by atoms with Gasteiger partial charge in [-0.1, -0.05) is 43.2 Å². The van der Waals surface area contributed by atoms with Gasteiger partial charge in [-0.2, -0.15) is 0 Å². The second-order valence-corrected chi connectivity index (χ2v) is 10.3. The van der Waals surface area contributed by atoms with E-state index in [0.717, 1.165) is 0 Å². The quantitative estimate of drug-likeness (QED) is 0.897. The van der Waals surface area contributed by atoms with Crippen molar-refractivity contribution in [3.8, 4) is 0 Å². The van der Waals surface area contributed by atoms with Gasteiger partial charge in [-0.05, 0) is 42.6 Å². The maximum Gasteiger partial charge on any atom is 0.220 e. The number of carbonyl (C=O) groups is 1. The number of carbonyl (C=O) groups excluding carboxylic acids is 1. The number of hydrogen-bond acceptors (Lipinski definition) is 3. The van der Waals surface area contributed by atoms with E-state index in [4.69, 9.17) is 0 Å². The third-order valence-corrected chi connectivity index (χ3v) is 8.33. The molecule has 2 saturated carbocycles. The van der Waals surface area contributed by atoms with Gasteiger partial charge < -0.3 is 5.32 Å². The van der Waals surface area contributed by atoms with E-state index >= 15 is 0 Å². The average Bonchev–Trinajstić information content (AvgIpc) is 2.92. The summed E-state index contributed by atoms with van der Waals surface area (Å²) >= 11 is 0. The van der Waals surface area contributed by atoms with Gasteiger partial charge in [0.2, 0.25) is 5.91 Å². The Bertz CT molecular complexity index is 731. The molecule has 2 aliphatic carbocycles. The first-order chi connectivity index (χ1) is 12.0. The van der Waals surface area contributed by atoms with Crippen molar-refractivity contribution < 1.29 is 13.2 Å². The molecule has 1 saturated heterocycles. The molecule has 1 aliphatic heterocycles. The van der Waals surface area contributed by atoms with E-state index in [1.165, 1.54) is 31.2 Å². The lowest BCUT2D eigenvalue weighted by Crippen LogP contribution is -2.59. The highest BCUT2D eigenvalue weighted by Crippen LogP contribution is 2.54. The topological polar surface area (TPSA) is 63.2 Å². The summed E-state index contributed by atoms with van der Waals surface area (Å²) in [5.74, 6) is 2.16. The molecule has 136 valence electrons. The number of nitrogens with one attached hydrogen (secondary N) is 1. The fourth-order valence-electron chi connectivity index (χ4n) is 5.33. The van der Waals surface area contributed by atoms with E-state index in [1.54, 1.807) is 0 Å². The van der Waals surface area contributed by atoms with Crippen LogP contribution in [0.1, 0.15) is 50.0 Å². The van der Waals surface area contributed by atoms with Crippen LogP contribution >= 0.6 is 0 Å². The number of amides is 1. The van der Waals surface area contributed by atoms with Gasteiger partial charge >= 0.3 is 0 Å². The molecule has 1 heterocycles. The maximum absolute atomic E-state index is 12.6. The summed E-state index contributed by atoms with van der Waals surface area (Å²) in [5, 5.41) is 3.28. The lowest BCUT2D eigenvalue weighted by Gasteiger charge is -2.55. The zero-order valence-corrected chi connectivity index (χ0v) is 15.4. The largest absolute Gasteiger partial charge is 0.352 e. The van der Waals surface area contributed by atoms with Crippen molar-refractivity contribution in [1.29, 1.82) is 0 Å². The van der Waals surface area contributed by atoms with Crippen molar-refractivity contribution in [2.75, 3.05) is 11.5 Å². The molecule has 0 radical (unpaired) electrons. The van der Waals surface area contributed by atoms with Gasteiger partial charge in [0.15, 0.2) is 9.84 Å². The molecule has 1 amide bonds. The fourth-order valence-corrected chi connectivity index (χ4v) is 7.20. The van der Waals surface area contributed by atoms with Crippen LogP contribution in [0.25, 0.3) is 0 Å². The number of hydrogen-bond donors (Lipinski definition) is 1. The molecule has 1 aromatic rings. The van der Waals surface area contributed by atoms with Gasteiger partial charge in [0, 0.05) is 18.4 Å². The Morgan fingerprint density at radius 2 is 1.76 bits per heavy atom. The monoisotopic (exact) mass is 361 g/mol. The van der Waals surface area contributed by atoms with Crippen molar-refractivity contribution in [3.05, 3.63) is 35.9 Å².